The van der Waals surface area contributed by atoms with Gasteiger partial charge in [0.2, 0.25) is 5.71 Å². The smallest absolute Gasteiger partial charge is 0.237 e. The lowest BCUT2D eigenvalue weighted by molar-refractivity contribution is 1.12. The summed E-state index contributed by atoms with van der Waals surface area (Å²) in [6.07, 6.45) is 2.40. The second kappa shape index (κ2) is 4.46. The lowest BCUT2D eigenvalue weighted by Gasteiger charge is -2.06. The summed E-state index contributed by atoms with van der Waals surface area (Å²) in [4.78, 5) is 0. The number of rotatable bonds is 3. The molecule has 1 aliphatic carbocycles. The number of hydrazone groups is 1. The molecule has 4 nitrogen and oxygen atoms in total. The summed E-state index contributed by atoms with van der Waals surface area (Å²) in [5.41, 5.74) is 4.71. The highest BCUT2D eigenvalue weighted by Gasteiger charge is 2.25. The number of anilines is 1. The van der Waals surface area contributed by atoms with Crippen LogP contribution in [0.25, 0.3) is 0 Å². The molecule has 0 spiro atoms. The molecule has 4 heteroatoms. The van der Waals surface area contributed by atoms with Gasteiger partial charge < -0.3 is 0 Å². The molecule has 0 atom stereocenters. The van der Waals surface area contributed by atoms with Crippen LogP contribution in [0.3, 0.4) is 0 Å². The summed E-state index contributed by atoms with van der Waals surface area (Å²) in [6, 6.07) is 11.3. The van der Waals surface area contributed by atoms with Crippen LogP contribution in [0.1, 0.15) is 24.3 Å². The largest absolute Gasteiger partial charge is 0.276 e. The van der Waals surface area contributed by atoms with Gasteiger partial charge in [0.25, 0.3) is 0 Å². The van der Waals surface area contributed by atoms with Crippen molar-refractivity contribution < 1.29 is 0 Å². The predicted molar refractivity (Wildman–Crippen MR) is 60.7 cm³/mol. The van der Waals surface area contributed by atoms with Crippen molar-refractivity contribution in [3.63, 3.8) is 0 Å². The van der Waals surface area contributed by atoms with Crippen LogP contribution in [0.5, 0.6) is 0 Å². The minimum Gasteiger partial charge on any atom is -0.276 e. The summed E-state index contributed by atoms with van der Waals surface area (Å²) in [7, 11) is 0. The number of para-hydroxylation sites is 1. The number of benzene rings is 1. The zero-order valence-electron chi connectivity index (χ0n) is 8.64. The number of hydrogen-bond acceptors (Lipinski definition) is 4. The molecule has 0 bridgehead atoms. The van der Waals surface area contributed by atoms with Crippen LogP contribution in [0.2, 0.25) is 0 Å². The Kier molecular flexibility index (Phi) is 2.84. The average Bonchev–Trinajstić information content (AvgIpc) is 3.15. The van der Waals surface area contributed by atoms with Gasteiger partial charge in [-0.05, 0) is 30.4 Å². The van der Waals surface area contributed by atoms with Crippen molar-refractivity contribution in [2.24, 2.45) is 5.10 Å². The Labute approximate surface area is 93.8 Å². The summed E-state index contributed by atoms with van der Waals surface area (Å²) in [5.74, 6) is 0.603. The van der Waals surface area contributed by atoms with Gasteiger partial charge in [-0.15, -0.1) is 0 Å². The van der Waals surface area contributed by atoms with E-state index in [0.29, 0.717) is 5.92 Å². The fraction of sp³-hybridized carbons (Fsp3) is 0.250. The van der Waals surface area contributed by atoms with Crippen LogP contribution in [0.4, 0.5) is 5.69 Å². The normalized spacial score (nSPS) is 13.4. The predicted octanol–water partition coefficient (Wildman–Crippen LogP) is 2.38. The van der Waals surface area contributed by atoms with Crippen molar-refractivity contribution >= 4 is 11.4 Å². The van der Waals surface area contributed by atoms with Crippen molar-refractivity contribution in [2.45, 2.75) is 18.8 Å². The van der Waals surface area contributed by atoms with Crippen LogP contribution < -0.4 is 5.43 Å². The Balaban J connectivity index is 2.19. The molecule has 0 heterocycles. The van der Waals surface area contributed by atoms with E-state index >= 15 is 0 Å². The van der Waals surface area contributed by atoms with Gasteiger partial charge in [-0.1, -0.05) is 18.2 Å². The maximum absolute atomic E-state index is 8.55. The Morgan fingerprint density at radius 3 is 2.56 bits per heavy atom. The standard InChI is InChI=1S/C12H10N4/c13-7-10(8-14)15-16-12-4-2-1-3-11(12)9-5-6-9/h1-4,9,16H,5-6H2. The number of hydrogen-bond donors (Lipinski definition) is 1. The topological polar surface area (TPSA) is 72.0 Å². The van der Waals surface area contributed by atoms with E-state index in [1.165, 1.54) is 18.4 Å². The van der Waals surface area contributed by atoms with Crippen LogP contribution in [0.15, 0.2) is 29.4 Å². The van der Waals surface area contributed by atoms with Crippen LogP contribution in [0, 0.1) is 22.7 Å². The van der Waals surface area contributed by atoms with E-state index in [9.17, 15) is 0 Å². The molecule has 2 rings (SSSR count). The molecule has 0 saturated heterocycles. The third-order valence-corrected chi connectivity index (χ3v) is 2.48. The summed E-state index contributed by atoms with van der Waals surface area (Å²) in [6.45, 7) is 0. The molecule has 0 unspecified atom stereocenters. The molecular formula is C12H10N4. The lowest BCUT2D eigenvalue weighted by atomic mass is 10.1. The van der Waals surface area contributed by atoms with Crippen LogP contribution in [-0.4, -0.2) is 5.71 Å². The molecule has 1 aliphatic rings. The second-order valence-electron chi connectivity index (χ2n) is 3.66. The Hall–Kier alpha value is -2.33. The molecule has 1 N–H and O–H groups in total. The molecule has 1 aromatic rings. The zero-order chi connectivity index (χ0) is 11.4. The first-order valence-electron chi connectivity index (χ1n) is 5.08. The highest BCUT2D eigenvalue weighted by molar-refractivity contribution is 6.10. The van der Waals surface area contributed by atoms with Crippen LogP contribution >= 0.6 is 0 Å². The number of nitrogens with one attached hydrogen (secondary N) is 1. The Morgan fingerprint density at radius 1 is 1.25 bits per heavy atom. The van der Waals surface area contributed by atoms with E-state index < -0.39 is 0 Å². The van der Waals surface area contributed by atoms with Crippen molar-refractivity contribution in [1.82, 2.24) is 0 Å². The van der Waals surface area contributed by atoms with Gasteiger partial charge in [-0.25, -0.2) is 0 Å². The molecule has 1 aromatic carbocycles. The summed E-state index contributed by atoms with van der Waals surface area (Å²) >= 11 is 0. The van der Waals surface area contributed by atoms with Gasteiger partial charge in [0.05, 0.1) is 5.69 Å². The van der Waals surface area contributed by atoms with Gasteiger partial charge in [0.1, 0.15) is 12.1 Å². The van der Waals surface area contributed by atoms with Crippen molar-refractivity contribution in [3.05, 3.63) is 29.8 Å². The first-order valence-corrected chi connectivity index (χ1v) is 5.08. The average molecular weight is 210 g/mol. The third-order valence-electron chi connectivity index (χ3n) is 2.48. The van der Waals surface area contributed by atoms with E-state index in [4.69, 9.17) is 10.5 Å². The van der Waals surface area contributed by atoms with Gasteiger partial charge in [0, 0.05) is 0 Å². The monoisotopic (exact) mass is 210 g/mol. The van der Waals surface area contributed by atoms with E-state index in [2.05, 4.69) is 10.5 Å². The quantitative estimate of drug-likeness (QED) is 0.615. The molecular weight excluding hydrogens is 200 g/mol. The Morgan fingerprint density at radius 2 is 1.94 bits per heavy atom. The maximum atomic E-state index is 8.55. The summed E-state index contributed by atoms with van der Waals surface area (Å²) in [5, 5.41) is 20.8. The first-order chi connectivity index (χ1) is 7.85. The van der Waals surface area contributed by atoms with Crippen molar-refractivity contribution in [1.29, 1.82) is 10.5 Å². The van der Waals surface area contributed by atoms with E-state index in [-0.39, 0.29) is 5.71 Å². The van der Waals surface area contributed by atoms with Gasteiger partial charge >= 0.3 is 0 Å². The molecule has 16 heavy (non-hydrogen) atoms. The molecule has 0 aliphatic heterocycles. The molecule has 1 fully saturated rings. The van der Waals surface area contributed by atoms with E-state index in [1.54, 1.807) is 12.1 Å². The van der Waals surface area contributed by atoms with Crippen LogP contribution in [-0.2, 0) is 0 Å². The van der Waals surface area contributed by atoms with Gasteiger partial charge in [0.15, 0.2) is 0 Å². The maximum Gasteiger partial charge on any atom is 0.237 e. The van der Waals surface area contributed by atoms with Gasteiger partial charge in [-0.2, -0.15) is 15.6 Å². The van der Waals surface area contributed by atoms with E-state index in [1.807, 2.05) is 24.3 Å². The van der Waals surface area contributed by atoms with Crippen molar-refractivity contribution in [2.75, 3.05) is 5.43 Å². The molecule has 78 valence electrons. The SMILES string of the molecule is N#CC(C#N)=NNc1ccccc1C1CC1. The highest BCUT2D eigenvalue weighted by atomic mass is 15.3. The highest BCUT2D eigenvalue weighted by Crippen LogP contribution is 2.43. The minimum absolute atomic E-state index is 0.161. The minimum atomic E-state index is -0.161. The molecule has 0 radical (unpaired) electrons. The lowest BCUT2D eigenvalue weighted by Crippen LogP contribution is -1.98. The Bertz CT molecular complexity index is 484. The van der Waals surface area contributed by atoms with Crippen molar-refractivity contribution in [3.8, 4) is 12.1 Å². The van der Waals surface area contributed by atoms with Gasteiger partial charge in [-0.3, -0.25) is 5.43 Å². The number of nitrogens with zero attached hydrogens (tertiary/aromatic N) is 3. The fourth-order valence-electron chi connectivity index (χ4n) is 1.54. The molecule has 0 amide bonds. The second-order valence-corrected chi connectivity index (χ2v) is 3.66. The zero-order valence-corrected chi connectivity index (χ0v) is 8.64. The fourth-order valence-corrected chi connectivity index (χ4v) is 1.54. The third kappa shape index (κ3) is 2.18. The van der Waals surface area contributed by atoms with E-state index in [0.717, 1.165) is 5.69 Å². The molecule has 0 aromatic heterocycles. The number of nitriles is 2. The first kappa shape index (κ1) is 10.2. The molecule has 1 saturated carbocycles. The summed E-state index contributed by atoms with van der Waals surface area (Å²) < 4.78 is 0.